The highest BCUT2D eigenvalue weighted by Gasteiger charge is 2.27. The molecule has 8 heteroatoms. The van der Waals surface area contributed by atoms with Crippen LogP contribution in [0.5, 0.6) is 0 Å². The summed E-state index contributed by atoms with van der Waals surface area (Å²) in [4.78, 5) is 10.0. The first-order valence-corrected chi connectivity index (χ1v) is 17.6. The van der Waals surface area contributed by atoms with E-state index in [4.69, 9.17) is 38.9 Å². The summed E-state index contributed by atoms with van der Waals surface area (Å²) in [6.45, 7) is 3.62. The van der Waals surface area contributed by atoms with E-state index >= 15 is 0 Å². The van der Waals surface area contributed by atoms with E-state index in [1.807, 2.05) is 48.8 Å². The number of fused-ring (bicyclic) bond motifs is 6. The maximum absolute atomic E-state index is 7.31. The summed E-state index contributed by atoms with van der Waals surface area (Å²) >= 11 is 12.7. The Kier molecular flexibility index (Phi) is 9.38. The van der Waals surface area contributed by atoms with Gasteiger partial charge in [0.25, 0.3) is 0 Å². The van der Waals surface area contributed by atoms with Crippen molar-refractivity contribution in [3.8, 4) is 0 Å². The summed E-state index contributed by atoms with van der Waals surface area (Å²) in [6, 6.07) is 37.7. The molecule has 0 aliphatic carbocycles. The van der Waals surface area contributed by atoms with Gasteiger partial charge in [-0.25, -0.2) is 0 Å². The van der Waals surface area contributed by atoms with Crippen LogP contribution in [-0.2, 0) is 25.9 Å². The molecule has 252 valence electrons. The van der Waals surface area contributed by atoms with Crippen LogP contribution in [0.15, 0.2) is 122 Å². The van der Waals surface area contributed by atoms with E-state index in [1.165, 1.54) is 32.6 Å². The van der Waals surface area contributed by atoms with E-state index in [0.29, 0.717) is 25.9 Å². The zero-order valence-electron chi connectivity index (χ0n) is 28.1. The second kappa shape index (κ2) is 13.9. The minimum absolute atomic E-state index is 0. The number of hydrogen-bond acceptors (Lipinski definition) is 4. The summed E-state index contributed by atoms with van der Waals surface area (Å²) in [5.74, 6) is 0. The quantitative estimate of drug-likeness (QED) is 0.148. The maximum Gasteiger partial charge on any atom is 0.0681 e. The second-order valence-electron chi connectivity index (χ2n) is 13.3. The molecule has 5 N–H and O–H groups in total. The highest BCUT2D eigenvalue weighted by atomic mass is 35.5. The topological polar surface area (TPSA) is 96.7 Å². The third kappa shape index (κ3) is 6.48. The normalized spacial score (nSPS) is 11.9. The van der Waals surface area contributed by atoms with Gasteiger partial charge >= 0.3 is 0 Å². The molecule has 0 fully saturated rings. The van der Waals surface area contributed by atoms with Crippen LogP contribution in [0.1, 0.15) is 42.3 Å². The summed E-state index contributed by atoms with van der Waals surface area (Å²) in [5.41, 5.74) is 15.7. The predicted octanol–water partition coefficient (Wildman–Crippen LogP) is 10.5. The molecule has 0 aliphatic rings. The summed E-state index contributed by atoms with van der Waals surface area (Å²) in [5, 5.41) is 6.28. The molecular weight excluding hydrogens is 659 g/mol. The van der Waals surface area contributed by atoms with Gasteiger partial charge in [-0.3, -0.25) is 9.97 Å². The van der Waals surface area contributed by atoms with E-state index < -0.39 is 5.54 Å². The Morgan fingerprint density at radius 2 is 1.04 bits per heavy atom. The molecule has 0 unspecified atom stereocenters. The standard InChI is InChI=1S/C42H37Cl2N5.H3N/c1-2-17-42(45,22-32-20-36-34-13-3-5-15-38(34)48(40(36)24-46-32)26-28-9-7-11-30(43)18-28)23-33-21-37-35-14-4-6-16-39(35)49(41(37)25-47-33)27-29-10-8-12-31(44)19-29;/h3-16,18-21,24-25H,2,17,22-23,26-27,45H2,1H3;1H3. The largest absolute Gasteiger partial charge is 0.344 e. The first-order chi connectivity index (χ1) is 23.9. The highest BCUT2D eigenvalue weighted by Crippen LogP contribution is 2.33. The van der Waals surface area contributed by atoms with Gasteiger partial charge in [0.05, 0.1) is 23.4 Å². The molecule has 0 saturated carbocycles. The predicted molar refractivity (Wildman–Crippen MR) is 210 cm³/mol. The number of halogens is 2. The van der Waals surface area contributed by atoms with Crippen molar-refractivity contribution >= 4 is 66.8 Å². The van der Waals surface area contributed by atoms with Crippen LogP contribution >= 0.6 is 23.2 Å². The number of pyridine rings is 2. The van der Waals surface area contributed by atoms with Crippen LogP contribution in [0.4, 0.5) is 0 Å². The molecule has 0 radical (unpaired) electrons. The van der Waals surface area contributed by atoms with Crippen LogP contribution < -0.4 is 11.9 Å². The third-order valence-corrected chi connectivity index (χ3v) is 10.2. The van der Waals surface area contributed by atoms with Crippen LogP contribution in [0.3, 0.4) is 0 Å². The Labute approximate surface area is 302 Å². The molecule has 0 atom stereocenters. The molecule has 0 bridgehead atoms. The molecule has 0 amide bonds. The summed E-state index contributed by atoms with van der Waals surface area (Å²) < 4.78 is 4.66. The number of hydrogen-bond donors (Lipinski definition) is 2. The van der Waals surface area contributed by atoms with E-state index in [2.05, 4.69) is 88.9 Å². The van der Waals surface area contributed by atoms with Crippen LogP contribution in [-0.4, -0.2) is 24.6 Å². The molecule has 4 aromatic heterocycles. The molecule has 0 aliphatic heterocycles. The monoisotopic (exact) mass is 698 g/mol. The number of nitrogens with zero attached hydrogens (tertiary/aromatic N) is 4. The fourth-order valence-corrected chi connectivity index (χ4v) is 8.03. The van der Waals surface area contributed by atoms with Crippen molar-refractivity contribution in [2.75, 3.05) is 0 Å². The van der Waals surface area contributed by atoms with Gasteiger partial charge in [-0.1, -0.05) is 97.2 Å². The fraction of sp³-hybridized carbons (Fsp3) is 0.190. The number of para-hydroxylation sites is 2. The van der Waals surface area contributed by atoms with Crippen molar-refractivity contribution in [1.29, 1.82) is 0 Å². The van der Waals surface area contributed by atoms with Crippen LogP contribution in [0.25, 0.3) is 43.6 Å². The Balaban J connectivity index is 0.00000392. The zero-order chi connectivity index (χ0) is 33.5. The lowest BCUT2D eigenvalue weighted by Crippen LogP contribution is -2.44. The molecule has 6 nitrogen and oxygen atoms in total. The molecular formula is C42H40Cl2N6. The molecule has 4 heterocycles. The van der Waals surface area contributed by atoms with E-state index in [0.717, 1.165) is 56.4 Å². The maximum atomic E-state index is 7.31. The highest BCUT2D eigenvalue weighted by molar-refractivity contribution is 6.31. The molecule has 4 aromatic carbocycles. The van der Waals surface area contributed by atoms with Gasteiger partial charge in [-0.15, -0.1) is 0 Å². The summed E-state index contributed by atoms with van der Waals surface area (Å²) in [6.07, 6.45) is 7.17. The fourth-order valence-electron chi connectivity index (χ4n) is 7.61. The first kappa shape index (κ1) is 33.8. The van der Waals surface area contributed by atoms with Crippen molar-refractivity contribution in [3.05, 3.63) is 154 Å². The Hall–Kier alpha value is -4.72. The second-order valence-corrected chi connectivity index (χ2v) is 14.2. The number of rotatable bonds is 10. The van der Waals surface area contributed by atoms with E-state index in [-0.39, 0.29) is 6.15 Å². The average Bonchev–Trinajstić information content (AvgIpc) is 3.56. The number of nitrogens with two attached hydrogens (primary N) is 1. The molecule has 8 rings (SSSR count). The van der Waals surface area contributed by atoms with Crippen molar-refractivity contribution in [1.82, 2.24) is 25.3 Å². The SMILES string of the molecule is CCCC(N)(Cc1cc2c3ccccc3n(Cc3cccc(Cl)c3)c2cn1)Cc1cc2c3ccccc3n(Cc3cccc(Cl)c3)c2cn1.N. The van der Waals surface area contributed by atoms with Gasteiger partial charge in [0.2, 0.25) is 0 Å². The van der Waals surface area contributed by atoms with Gasteiger partial charge in [0, 0.05) is 85.5 Å². The van der Waals surface area contributed by atoms with Gasteiger partial charge in [-0.05, 0) is 66.1 Å². The lowest BCUT2D eigenvalue weighted by Gasteiger charge is -2.29. The van der Waals surface area contributed by atoms with Crippen molar-refractivity contribution < 1.29 is 0 Å². The minimum atomic E-state index is -0.506. The zero-order valence-corrected chi connectivity index (χ0v) is 29.6. The Morgan fingerprint density at radius 1 is 0.580 bits per heavy atom. The Morgan fingerprint density at radius 3 is 1.48 bits per heavy atom. The molecule has 50 heavy (non-hydrogen) atoms. The lowest BCUT2D eigenvalue weighted by atomic mass is 9.84. The van der Waals surface area contributed by atoms with E-state index in [9.17, 15) is 0 Å². The van der Waals surface area contributed by atoms with Crippen molar-refractivity contribution in [3.63, 3.8) is 0 Å². The molecule has 8 aromatic rings. The van der Waals surface area contributed by atoms with Gasteiger partial charge in [0.15, 0.2) is 0 Å². The van der Waals surface area contributed by atoms with E-state index in [1.54, 1.807) is 0 Å². The summed E-state index contributed by atoms with van der Waals surface area (Å²) in [7, 11) is 0. The van der Waals surface area contributed by atoms with Crippen molar-refractivity contribution in [2.45, 2.75) is 51.2 Å². The van der Waals surface area contributed by atoms with Crippen LogP contribution in [0.2, 0.25) is 10.0 Å². The third-order valence-electron chi connectivity index (χ3n) is 9.70. The number of aromatic nitrogens is 4. The van der Waals surface area contributed by atoms with Crippen LogP contribution in [0, 0.1) is 0 Å². The first-order valence-electron chi connectivity index (χ1n) is 16.9. The van der Waals surface area contributed by atoms with Gasteiger partial charge < -0.3 is 21.0 Å². The van der Waals surface area contributed by atoms with Gasteiger partial charge in [0.1, 0.15) is 0 Å². The average molecular weight is 700 g/mol. The Bertz CT molecular complexity index is 2310. The smallest absolute Gasteiger partial charge is 0.0681 e. The molecule has 0 saturated heterocycles. The molecule has 0 spiro atoms. The van der Waals surface area contributed by atoms with Crippen molar-refractivity contribution in [2.24, 2.45) is 5.73 Å². The van der Waals surface area contributed by atoms with Gasteiger partial charge in [-0.2, -0.15) is 0 Å². The minimum Gasteiger partial charge on any atom is -0.344 e. The lowest BCUT2D eigenvalue weighted by molar-refractivity contribution is 0.376. The number of benzene rings is 4.